The summed E-state index contributed by atoms with van der Waals surface area (Å²) in [5.74, 6) is 0. The van der Waals surface area contributed by atoms with Crippen molar-refractivity contribution in [1.29, 1.82) is 0 Å². The van der Waals surface area contributed by atoms with E-state index >= 15 is 0 Å². The number of hydrogen-bond donors (Lipinski definition) is 0. The van der Waals surface area contributed by atoms with Crippen LogP contribution in [0.25, 0.3) is 0 Å². The summed E-state index contributed by atoms with van der Waals surface area (Å²) >= 11 is -2.02. The van der Waals surface area contributed by atoms with Gasteiger partial charge in [-0.2, -0.15) is 0 Å². The first-order valence-electron chi connectivity index (χ1n) is 5.48. The molecule has 0 radical (unpaired) electrons. The van der Waals surface area contributed by atoms with Crippen molar-refractivity contribution in [3.8, 4) is 0 Å². The fraction of sp³-hybridized carbons (Fsp3) is 0.636. The molecule has 0 bridgehead atoms. The van der Waals surface area contributed by atoms with Crippen LogP contribution in [0.1, 0.15) is 26.7 Å². The molecule has 0 amide bonds. The van der Waals surface area contributed by atoms with E-state index in [0.717, 1.165) is 0 Å². The van der Waals surface area contributed by atoms with Gasteiger partial charge in [0.1, 0.15) is 0 Å². The predicted octanol–water partition coefficient (Wildman–Crippen LogP) is 2.58. The van der Waals surface area contributed by atoms with Crippen LogP contribution in [0.4, 0.5) is 0 Å². The van der Waals surface area contributed by atoms with E-state index in [9.17, 15) is 0 Å². The predicted molar refractivity (Wildman–Crippen MR) is 63.5 cm³/mol. The molecule has 0 N–H and O–H groups in total. The van der Waals surface area contributed by atoms with Crippen LogP contribution in [-0.4, -0.2) is 28.3 Å². The summed E-state index contributed by atoms with van der Waals surface area (Å²) in [5.41, 5.74) is 0. The topological polar surface area (TPSA) is 25.8 Å². The molecule has 2 nitrogen and oxygen atoms in total. The SMILES string of the molecule is CCC[CH2][Sn]([CH3])([CH2]C)[c]1cncnc1. The summed E-state index contributed by atoms with van der Waals surface area (Å²) < 4.78 is 4.29. The summed E-state index contributed by atoms with van der Waals surface area (Å²) in [5, 5.41) is 0. The third-order valence-corrected chi connectivity index (χ3v) is 16.4. The zero-order valence-electron chi connectivity index (χ0n) is 9.45. The Bertz CT molecular complexity index is 263. The van der Waals surface area contributed by atoms with Crippen LogP contribution in [0, 0.1) is 0 Å². The Kier molecular flexibility index (Phi) is 4.85. The second kappa shape index (κ2) is 5.69. The zero-order chi connectivity index (χ0) is 10.4. The van der Waals surface area contributed by atoms with Gasteiger partial charge in [-0.05, 0) is 0 Å². The summed E-state index contributed by atoms with van der Waals surface area (Å²) in [7, 11) is 0. The van der Waals surface area contributed by atoms with Crippen molar-refractivity contribution in [2.45, 2.75) is 40.5 Å². The number of hydrogen-bond acceptors (Lipinski definition) is 2. The van der Waals surface area contributed by atoms with Crippen molar-refractivity contribution in [2.24, 2.45) is 0 Å². The van der Waals surface area contributed by atoms with Gasteiger partial charge >= 0.3 is 91.1 Å². The number of aromatic nitrogens is 2. The maximum absolute atomic E-state index is 4.15. The molecule has 0 aromatic carbocycles. The van der Waals surface area contributed by atoms with Gasteiger partial charge in [0.15, 0.2) is 0 Å². The van der Waals surface area contributed by atoms with E-state index in [1.54, 1.807) is 6.33 Å². The Morgan fingerprint density at radius 2 is 1.86 bits per heavy atom. The molecule has 3 heteroatoms. The number of unbranched alkanes of at least 4 members (excludes halogenated alkanes) is 1. The molecule has 0 aliphatic heterocycles. The van der Waals surface area contributed by atoms with Gasteiger partial charge in [0.05, 0.1) is 0 Å². The third kappa shape index (κ3) is 2.94. The van der Waals surface area contributed by atoms with Crippen molar-refractivity contribution in [1.82, 2.24) is 9.97 Å². The molecule has 0 fully saturated rings. The molecule has 1 unspecified atom stereocenters. The summed E-state index contributed by atoms with van der Waals surface area (Å²) in [6.07, 6.45) is 8.39. The van der Waals surface area contributed by atoms with E-state index in [2.05, 4.69) is 28.8 Å². The van der Waals surface area contributed by atoms with Gasteiger partial charge in [0.25, 0.3) is 0 Å². The van der Waals surface area contributed by atoms with Crippen molar-refractivity contribution >= 4 is 22.0 Å². The molecule has 0 aliphatic rings. The minimum atomic E-state index is -2.02. The van der Waals surface area contributed by atoms with Gasteiger partial charge in [0, 0.05) is 0 Å². The standard InChI is InChI=1S/C4H3N2.C4H9.C2H5.CH3.Sn/c1-2-5-4-6-3-1;1-3-4-2;1-2;;/h2-4H;1,3-4H2,2H3;1H2,2H3;1H3;. The monoisotopic (exact) mass is 300 g/mol. The van der Waals surface area contributed by atoms with Crippen LogP contribution in [-0.2, 0) is 0 Å². The maximum atomic E-state index is 4.15. The van der Waals surface area contributed by atoms with Gasteiger partial charge in [-0.15, -0.1) is 0 Å². The molecular formula is C11H20N2Sn. The Labute approximate surface area is 91.0 Å². The quantitative estimate of drug-likeness (QED) is 0.781. The van der Waals surface area contributed by atoms with Crippen LogP contribution in [0.3, 0.4) is 0 Å². The van der Waals surface area contributed by atoms with Crippen LogP contribution in [0.5, 0.6) is 0 Å². The van der Waals surface area contributed by atoms with Crippen LogP contribution in [0.15, 0.2) is 18.7 Å². The molecule has 1 atom stereocenters. The van der Waals surface area contributed by atoms with E-state index in [1.165, 1.54) is 25.3 Å². The Hall–Kier alpha value is -0.121. The first kappa shape index (κ1) is 12.0. The normalized spacial score (nSPS) is 15.1. The van der Waals surface area contributed by atoms with E-state index in [4.69, 9.17) is 0 Å². The molecule has 1 rings (SSSR count). The average molecular weight is 299 g/mol. The van der Waals surface area contributed by atoms with Gasteiger partial charge < -0.3 is 0 Å². The molecule has 0 aliphatic carbocycles. The van der Waals surface area contributed by atoms with Gasteiger partial charge in [0.2, 0.25) is 0 Å². The van der Waals surface area contributed by atoms with Crippen LogP contribution >= 0.6 is 0 Å². The average Bonchev–Trinajstić information content (AvgIpc) is 2.27. The van der Waals surface area contributed by atoms with E-state index in [-0.39, 0.29) is 0 Å². The van der Waals surface area contributed by atoms with Crippen molar-refractivity contribution in [3.63, 3.8) is 0 Å². The Balaban J connectivity index is 2.79. The van der Waals surface area contributed by atoms with Crippen molar-refractivity contribution in [2.75, 3.05) is 0 Å². The fourth-order valence-corrected chi connectivity index (χ4v) is 10.1. The second-order valence-electron chi connectivity index (χ2n) is 4.14. The summed E-state index contributed by atoms with van der Waals surface area (Å²) in [6.45, 7) is 4.60. The van der Waals surface area contributed by atoms with Crippen molar-refractivity contribution < 1.29 is 0 Å². The molecule has 78 valence electrons. The van der Waals surface area contributed by atoms with Gasteiger partial charge in [-0.3, -0.25) is 0 Å². The molecule has 0 spiro atoms. The van der Waals surface area contributed by atoms with Crippen LogP contribution in [0.2, 0.25) is 13.8 Å². The first-order valence-corrected chi connectivity index (χ1v) is 13.8. The zero-order valence-corrected chi connectivity index (χ0v) is 12.3. The minimum absolute atomic E-state index is 1.31. The molecule has 1 aromatic heterocycles. The van der Waals surface area contributed by atoms with E-state index < -0.39 is 18.4 Å². The van der Waals surface area contributed by atoms with Gasteiger partial charge in [-0.25, -0.2) is 0 Å². The number of rotatable bonds is 5. The van der Waals surface area contributed by atoms with E-state index in [0.29, 0.717) is 0 Å². The second-order valence-corrected chi connectivity index (χ2v) is 18.1. The molecule has 14 heavy (non-hydrogen) atoms. The van der Waals surface area contributed by atoms with E-state index in [1.807, 2.05) is 12.4 Å². The Morgan fingerprint density at radius 1 is 1.21 bits per heavy atom. The molecular weight excluding hydrogens is 279 g/mol. The number of nitrogens with zero attached hydrogens (tertiary/aromatic N) is 2. The summed E-state index contributed by atoms with van der Waals surface area (Å²) in [4.78, 5) is 10.8. The van der Waals surface area contributed by atoms with Crippen molar-refractivity contribution in [3.05, 3.63) is 18.7 Å². The fourth-order valence-electron chi connectivity index (χ4n) is 1.70. The Morgan fingerprint density at radius 3 is 2.36 bits per heavy atom. The molecule has 0 saturated carbocycles. The summed E-state index contributed by atoms with van der Waals surface area (Å²) in [6, 6.07) is 0. The molecule has 1 heterocycles. The molecule has 0 saturated heterocycles. The first-order chi connectivity index (χ1) is 6.73. The third-order valence-electron chi connectivity index (χ3n) is 3.12. The van der Waals surface area contributed by atoms with Crippen LogP contribution < -0.4 is 3.58 Å². The van der Waals surface area contributed by atoms with Gasteiger partial charge in [-0.1, -0.05) is 0 Å². The molecule has 1 aromatic rings.